The summed E-state index contributed by atoms with van der Waals surface area (Å²) in [6.45, 7) is 0.158. The predicted octanol–water partition coefficient (Wildman–Crippen LogP) is 3.28. The number of rotatable bonds is 6. The molecule has 8 heteroatoms. The number of aromatic hydroxyl groups is 1. The highest BCUT2D eigenvalue weighted by Crippen LogP contribution is 2.22. The van der Waals surface area contributed by atoms with Crippen LogP contribution < -0.4 is 0 Å². The topological polar surface area (TPSA) is 98.3 Å². The summed E-state index contributed by atoms with van der Waals surface area (Å²) < 4.78 is 10.3. The van der Waals surface area contributed by atoms with E-state index in [4.69, 9.17) is 20.9 Å². The van der Waals surface area contributed by atoms with E-state index in [0.29, 0.717) is 29.6 Å². The summed E-state index contributed by atoms with van der Waals surface area (Å²) in [5.74, 6) is 0.0849. The maximum absolute atomic E-state index is 11.9. The van der Waals surface area contributed by atoms with Crippen LogP contribution in [0.15, 0.2) is 47.2 Å². The number of hydrogen-bond donors (Lipinski definition) is 1. The third-order valence-corrected chi connectivity index (χ3v) is 3.57. The average Bonchev–Trinajstić information content (AvgIpc) is 3.08. The van der Waals surface area contributed by atoms with Crippen LogP contribution in [0.5, 0.6) is 5.75 Å². The third-order valence-electron chi connectivity index (χ3n) is 3.34. The van der Waals surface area contributed by atoms with Gasteiger partial charge in [0.25, 0.3) is 0 Å². The Kier molecular flexibility index (Phi) is 5.25. The summed E-state index contributed by atoms with van der Waals surface area (Å²) in [6.07, 6.45) is 4.29. The molecule has 0 fully saturated rings. The van der Waals surface area contributed by atoms with Crippen molar-refractivity contribution < 1.29 is 19.2 Å². The first-order chi connectivity index (χ1) is 12.1. The Hall–Kier alpha value is -2.93. The Balaban J connectivity index is 1.49. The van der Waals surface area contributed by atoms with Gasteiger partial charge in [0.1, 0.15) is 11.3 Å². The summed E-state index contributed by atoms with van der Waals surface area (Å²) in [4.78, 5) is 20.2. The number of esters is 1. The van der Waals surface area contributed by atoms with Crippen LogP contribution in [0.2, 0.25) is 5.02 Å². The van der Waals surface area contributed by atoms with Crippen LogP contribution in [0.25, 0.3) is 11.4 Å². The maximum atomic E-state index is 11.9. The van der Waals surface area contributed by atoms with Crippen molar-refractivity contribution in [2.75, 3.05) is 6.61 Å². The van der Waals surface area contributed by atoms with Crippen LogP contribution in [0.3, 0.4) is 0 Å². The van der Waals surface area contributed by atoms with Gasteiger partial charge in [0.2, 0.25) is 11.7 Å². The number of carbonyl (C=O) groups excluding carboxylic acids is 1. The summed E-state index contributed by atoms with van der Waals surface area (Å²) in [7, 11) is 0. The zero-order valence-corrected chi connectivity index (χ0v) is 13.8. The van der Waals surface area contributed by atoms with Gasteiger partial charge < -0.3 is 14.4 Å². The first-order valence-corrected chi connectivity index (χ1v) is 7.90. The number of carbonyl (C=O) groups is 1. The lowest BCUT2D eigenvalue weighted by atomic mass is 10.2. The van der Waals surface area contributed by atoms with Crippen LogP contribution in [-0.2, 0) is 11.2 Å². The standard InChI is InChI=1S/C17H14ClN3O4/c18-12-5-6-13(14(22)9-12)17(23)24-8-2-4-15-20-16(21-25-15)11-3-1-7-19-10-11/h1,3,5-7,9-10,22H,2,4,8H2. The van der Waals surface area contributed by atoms with Gasteiger partial charge in [-0.25, -0.2) is 4.79 Å². The minimum absolute atomic E-state index is 0.0704. The van der Waals surface area contributed by atoms with E-state index in [1.54, 1.807) is 18.5 Å². The molecule has 0 saturated carbocycles. The molecule has 0 atom stereocenters. The largest absolute Gasteiger partial charge is 0.507 e. The molecule has 3 rings (SSSR count). The molecule has 25 heavy (non-hydrogen) atoms. The van der Waals surface area contributed by atoms with E-state index in [9.17, 15) is 9.90 Å². The average molecular weight is 360 g/mol. The van der Waals surface area contributed by atoms with Gasteiger partial charge in [-0.1, -0.05) is 16.8 Å². The van der Waals surface area contributed by atoms with Crippen LogP contribution in [0.1, 0.15) is 22.7 Å². The minimum atomic E-state index is -0.615. The molecule has 1 aromatic carbocycles. The molecule has 0 radical (unpaired) electrons. The molecule has 3 aromatic rings. The van der Waals surface area contributed by atoms with Crippen LogP contribution in [0.4, 0.5) is 0 Å². The Morgan fingerprint density at radius 1 is 1.32 bits per heavy atom. The van der Waals surface area contributed by atoms with Crippen LogP contribution in [-0.4, -0.2) is 32.8 Å². The molecular formula is C17H14ClN3O4. The fourth-order valence-corrected chi connectivity index (χ4v) is 2.28. The van der Waals surface area contributed by atoms with Gasteiger partial charge in [0.15, 0.2) is 0 Å². The Morgan fingerprint density at radius 2 is 2.20 bits per heavy atom. The quantitative estimate of drug-likeness (QED) is 0.532. The van der Waals surface area contributed by atoms with Crippen molar-refractivity contribution in [2.45, 2.75) is 12.8 Å². The van der Waals surface area contributed by atoms with Crippen molar-refractivity contribution >= 4 is 17.6 Å². The highest BCUT2D eigenvalue weighted by atomic mass is 35.5. The highest BCUT2D eigenvalue weighted by molar-refractivity contribution is 6.30. The molecule has 2 heterocycles. The van der Waals surface area contributed by atoms with Crippen molar-refractivity contribution in [2.24, 2.45) is 0 Å². The monoisotopic (exact) mass is 359 g/mol. The summed E-state index contributed by atoms with van der Waals surface area (Å²) >= 11 is 5.72. The Morgan fingerprint density at radius 3 is 2.96 bits per heavy atom. The highest BCUT2D eigenvalue weighted by Gasteiger charge is 2.13. The summed E-state index contributed by atoms with van der Waals surface area (Å²) in [5.41, 5.74) is 0.836. The van der Waals surface area contributed by atoms with E-state index in [1.807, 2.05) is 6.07 Å². The lowest BCUT2D eigenvalue weighted by molar-refractivity contribution is 0.0495. The van der Waals surface area contributed by atoms with E-state index in [0.717, 1.165) is 5.56 Å². The first-order valence-electron chi connectivity index (χ1n) is 7.52. The third kappa shape index (κ3) is 4.33. The molecule has 0 unspecified atom stereocenters. The Bertz CT molecular complexity index is 867. The number of pyridine rings is 1. The molecule has 0 spiro atoms. The van der Waals surface area contributed by atoms with Crippen LogP contribution >= 0.6 is 11.6 Å². The Labute approximate surface area is 148 Å². The van der Waals surface area contributed by atoms with Gasteiger partial charge in [0.05, 0.1) is 6.61 Å². The molecule has 2 aromatic heterocycles. The minimum Gasteiger partial charge on any atom is -0.507 e. The number of ether oxygens (including phenoxy) is 1. The first kappa shape index (κ1) is 16.9. The lowest BCUT2D eigenvalue weighted by Crippen LogP contribution is -2.07. The molecule has 128 valence electrons. The van der Waals surface area contributed by atoms with Gasteiger partial charge in [-0.15, -0.1) is 0 Å². The fourth-order valence-electron chi connectivity index (χ4n) is 2.11. The number of phenols is 1. The molecule has 1 N–H and O–H groups in total. The zero-order valence-electron chi connectivity index (χ0n) is 13.1. The number of nitrogens with zero attached hydrogens (tertiary/aromatic N) is 3. The predicted molar refractivity (Wildman–Crippen MR) is 89.2 cm³/mol. The van der Waals surface area contributed by atoms with Crippen molar-refractivity contribution in [3.63, 3.8) is 0 Å². The van der Waals surface area contributed by atoms with Crippen molar-refractivity contribution in [1.29, 1.82) is 0 Å². The smallest absolute Gasteiger partial charge is 0.341 e. The second-order valence-electron chi connectivity index (χ2n) is 5.15. The second-order valence-corrected chi connectivity index (χ2v) is 5.59. The van der Waals surface area contributed by atoms with E-state index in [1.165, 1.54) is 18.2 Å². The van der Waals surface area contributed by atoms with E-state index < -0.39 is 5.97 Å². The molecule has 0 saturated heterocycles. The van der Waals surface area contributed by atoms with Gasteiger partial charge in [-0.3, -0.25) is 4.98 Å². The molecule has 0 bridgehead atoms. The zero-order chi connectivity index (χ0) is 17.6. The van der Waals surface area contributed by atoms with E-state index in [-0.39, 0.29) is 17.9 Å². The lowest BCUT2D eigenvalue weighted by Gasteiger charge is -2.05. The maximum Gasteiger partial charge on any atom is 0.341 e. The van der Waals surface area contributed by atoms with Gasteiger partial charge in [-0.05, 0) is 36.8 Å². The second kappa shape index (κ2) is 7.76. The molecule has 0 amide bonds. The van der Waals surface area contributed by atoms with E-state index >= 15 is 0 Å². The number of hydrogen-bond acceptors (Lipinski definition) is 7. The van der Waals surface area contributed by atoms with Gasteiger partial charge in [0, 0.05) is 29.4 Å². The molecular weight excluding hydrogens is 346 g/mol. The van der Waals surface area contributed by atoms with Gasteiger partial charge in [-0.2, -0.15) is 4.98 Å². The molecule has 7 nitrogen and oxygen atoms in total. The van der Waals surface area contributed by atoms with Crippen molar-refractivity contribution in [3.05, 3.63) is 59.2 Å². The number of aryl methyl sites for hydroxylation is 1. The number of benzene rings is 1. The summed E-state index contributed by atoms with van der Waals surface area (Å²) in [5, 5.41) is 13.9. The summed E-state index contributed by atoms with van der Waals surface area (Å²) in [6, 6.07) is 7.84. The molecule has 0 aliphatic carbocycles. The molecule has 0 aliphatic heterocycles. The fraction of sp³-hybridized carbons (Fsp3) is 0.176. The van der Waals surface area contributed by atoms with E-state index in [2.05, 4.69) is 15.1 Å². The number of phenolic OH excluding ortho intramolecular Hbond substituents is 1. The normalized spacial score (nSPS) is 10.6. The van der Waals surface area contributed by atoms with Crippen LogP contribution in [0, 0.1) is 0 Å². The number of aromatic nitrogens is 3. The van der Waals surface area contributed by atoms with Gasteiger partial charge >= 0.3 is 5.97 Å². The number of halogens is 1. The van der Waals surface area contributed by atoms with Crippen molar-refractivity contribution in [3.8, 4) is 17.1 Å². The van der Waals surface area contributed by atoms with Crippen molar-refractivity contribution in [1.82, 2.24) is 15.1 Å². The molecule has 0 aliphatic rings. The SMILES string of the molecule is O=C(OCCCc1nc(-c2cccnc2)no1)c1ccc(Cl)cc1O.